The number of alkyl halides is 2. The van der Waals surface area contributed by atoms with Gasteiger partial charge in [0, 0.05) is 32.3 Å². The van der Waals surface area contributed by atoms with Crippen molar-refractivity contribution in [2.75, 3.05) is 18.8 Å². The lowest BCUT2D eigenvalue weighted by Gasteiger charge is -2.03. The molecule has 0 radical (unpaired) electrons. The molecule has 2 aromatic rings. The molecule has 21 heavy (non-hydrogen) atoms. The number of hydrogen-bond acceptors (Lipinski definition) is 4. The third kappa shape index (κ3) is 4.61. The van der Waals surface area contributed by atoms with Crippen LogP contribution in [0, 0.1) is 6.92 Å². The summed E-state index contributed by atoms with van der Waals surface area (Å²) in [4.78, 5) is 9.60. The Labute approximate surface area is 133 Å². The van der Waals surface area contributed by atoms with E-state index in [0.717, 1.165) is 28.4 Å². The van der Waals surface area contributed by atoms with E-state index in [1.807, 2.05) is 19.4 Å². The zero-order chi connectivity index (χ0) is 15.8. The van der Waals surface area contributed by atoms with Crippen LogP contribution in [0.1, 0.15) is 28.9 Å². The van der Waals surface area contributed by atoms with E-state index in [0.29, 0.717) is 18.8 Å². The molecular weight excluding hydrogens is 311 g/mol. The molecule has 0 fully saturated rings. The Morgan fingerprint density at radius 3 is 2.71 bits per heavy atom. The van der Waals surface area contributed by atoms with Gasteiger partial charge in [-0.3, -0.25) is 4.39 Å². The number of rotatable bonds is 5. The molecule has 0 saturated heterocycles. The molecule has 0 spiro atoms. The van der Waals surface area contributed by atoms with Gasteiger partial charge in [-0.15, -0.1) is 11.6 Å². The molecule has 0 atom stereocenters. The fraction of sp³-hybridized carbons (Fsp3) is 0.500. The number of halogens is 2. The molecule has 7 heteroatoms. The van der Waals surface area contributed by atoms with Gasteiger partial charge in [0.1, 0.15) is 11.6 Å². The molecule has 0 bridgehead atoms. The molecule has 116 valence electrons. The second kappa shape index (κ2) is 8.89. The monoisotopic (exact) mass is 331 g/mol. The Hall–Kier alpha value is -1.27. The molecule has 0 aliphatic carbocycles. The van der Waals surface area contributed by atoms with Crippen LogP contribution in [0.3, 0.4) is 0 Å². The van der Waals surface area contributed by atoms with Gasteiger partial charge in [-0.05, 0) is 0 Å². The van der Waals surface area contributed by atoms with E-state index in [1.54, 1.807) is 17.5 Å². The summed E-state index contributed by atoms with van der Waals surface area (Å²) in [6.07, 6.45) is 4.50. The minimum Gasteiger partial charge on any atom is -0.383 e. The van der Waals surface area contributed by atoms with Gasteiger partial charge in [0.05, 0.1) is 17.1 Å². The quantitative estimate of drug-likeness (QED) is 0.677. The second-order valence-corrected chi connectivity index (χ2v) is 5.29. The zero-order valence-corrected chi connectivity index (χ0v) is 14.1. The molecule has 0 unspecified atom stereocenters. The SMILES string of the molecule is CCc1ncc(C[n+]2csc(CCF)c2C)c(N)n1.CCl. The summed E-state index contributed by atoms with van der Waals surface area (Å²) in [5, 5.41) is 0. The first-order chi connectivity index (χ1) is 10.2. The van der Waals surface area contributed by atoms with E-state index in [4.69, 9.17) is 5.73 Å². The molecule has 4 nitrogen and oxygen atoms in total. The van der Waals surface area contributed by atoms with Gasteiger partial charge in [-0.25, -0.2) is 9.97 Å². The standard InChI is InChI=1S/C13H18FN4S.CH3Cl/c1-3-12-16-6-10(13(15)17-12)7-18-8-19-11(4-5-14)9(18)2;1-2/h6,8H,3-5,7H2,1-2H3,(H2,15,16,17);1H3/q+1;. The number of aryl methyl sites for hydroxylation is 2. The van der Waals surface area contributed by atoms with E-state index >= 15 is 0 Å². The summed E-state index contributed by atoms with van der Waals surface area (Å²) in [5.74, 6) is 1.28. The first-order valence-electron chi connectivity index (χ1n) is 6.66. The fourth-order valence-electron chi connectivity index (χ4n) is 1.87. The number of hydrogen-bond donors (Lipinski definition) is 1. The van der Waals surface area contributed by atoms with Crippen molar-refractivity contribution in [3.8, 4) is 0 Å². The van der Waals surface area contributed by atoms with Crippen molar-refractivity contribution < 1.29 is 8.96 Å². The lowest BCUT2D eigenvalue weighted by Crippen LogP contribution is -2.35. The van der Waals surface area contributed by atoms with Crippen molar-refractivity contribution in [1.82, 2.24) is 9.97 Å². The summed E-state index contributed by atoms with van der Waals surface area (Å²) in [6, 6.07) is 0. The average Bonchev–Trinajstić information content (AvgIpc) is 2.85. The van der Waals surface area contributed by atoms with Gasteiger partial charge < -0.3 is 5.73 Å². The summed E-state index contributed by atoms with van der Waals surface area (Å²) in [5.41, 5.74) is 9.92. The topological polar surface area (TPSA) is 55.7 Å². The minimum absolute atomic E-state index is 0.322. The molecular formula is C14H21ClFN4S+. The highest BCUT2D eigenvalue weighted by atomic mass is 35.5. The van der Waals surface area contributed by atoms with Crippen LogP contribution < -0.4 is 10.3 Å². The molecule has 0 aliphatic heterocycles. The predicted molar refractivity (Wildman–Crippen MR) is 85.6 cm³/mol. The van der Waals surface area contributed by atoms with Crippen LogP contribution in [0.15, 0.2) is 11.7 Å². The van der Waals surface area contributed by atoms with Crippen molar-refractivity contribution in [2.45, 2.75) is 33.2 Å². The number of nitrogens with zero attached hydrogens (tertiary/aromatic N) is 3. The van der Waals surface area contributed by atoms with Crippen molar-refractivity contribution in [2.24, 2.45) is 0 Å². The van der Waals surface area contributed by atoms with Gasteiger partial charge in [-0.2, -0.15) is 4.57 Å². The molecule has 0 amide bonds. The second-order valence-electron chi connectivity index (χ2n) is 4.35. The van der Waals surface area contributed by atoms with Gasteiger partial charge in [0.15, 0.2) is 12.2 Å². The van der Waals surface area contributed by atoms with Crippen molar-refractivity contribution in [1.29, 1.82) is 0 Å². The third-order valence-electron chi connectivity index (χ3n) is 3.08. The highest BCUT2D eigenvalue weighted by Gasteiger charge is 2.17. The molecule has 0 aliphatic rings. The maximum atomic E-state index is 12.4. The minimum atomic E-state index is -0.322. The molecule has 0 saturated carbocycles. The number of thiazole rings is 1. The van der Waals surface area contributed by atoms with E-state index in [1.165, 1.54) is 6.38 Å². The van der Waals surface area contributed by atoms with E-state index in [-0.39, 0.29) is 6.67 Å². The Morgan fingerprint density at radius 1 is 1.43 bits per heavy atom. The Balaban J connectivity index is 0.00000106. The molecule has 2 N–H and O–H groups in total. The number of anilines is 1. The highest BCUT2D eigenvalue weighted by molar-refractivity contribution is 7.09. The Bertz CT molecular complexity index is 574. The van der Waals surface area contributed by atoms with E-state index in [9.17, 15) is 4.39 Å². The summed E-state index contributed by atoms with van der Waals surface area (Å²) < 4.78 is 14.5. The van der Waals surface area contributed by atoms with Crippen LogP contribution in [0.2, 0.25) is 0 Å². The van der Waals surface area contributed by atoms with Crippen molar-refractivity contribution in [3.05, 3.63) is 33.7 Å². The Morgan fingerprint density at radius 2 is 2.14 bits per heavy atom. The zero-order valence-electron chi connectivity index (χ0n) is 12.6. The maximum Gasteiger partial charge on any atom is 0.225 e. The molecule has 0 aromatic carbocycles. The van der Waals surface area contributed by atoms with E-state index < -0.39 is 0 Å². The van der Waals surface area contributed by atoms with Gasteiger partial charge in [0.25, 0.3) is 0 Å². The lowest BCUT2D eigenvalue weighted by atomic mass is 10.2. The van der Waals surface area contributed by atoms with Crippen LogP contribution in [-0.4, -0.2) is 23.0 Å². The Kier molecular flexibility index (Phi) is 7.53. The summed E-state index contributed by atoms with van der Waals surface area (Å²) in [6.45, 7) is 4.30. The van der Waals surface area contributed by atoms with Crippen LogP contribution in [-0.2, 0) is 19.4 Å². The summed E-state index contributed by atoms with van der Waals surface area (Å²) in [7, 11) is 0. The largest absolute Gasteiger partial charge is 0.383 e. The van der Waals surface area contributed by atoms with Gasteiger partial charge >= 0.3 is 0 Å². The van der Waals surface area contributed by atoms with Gasteiger partial charge in [-0.1, -0.05) is 18.3 Å². The average molecular weight is 332 g/mol. The first-order valence-corrected chi connectivity index (χ1v) is 8.29. The van der Waals surface area contributed by atoms with Crippen molar-refractivity contribution in [3.63, 3.8) is 0 Å². The normalized spacial score (nSPS) is 10.1. The van der Waals surface area contributed by atoms with Crippen LogP contribution in [0.4, 0.5) is 10.2 Å². The van der Waals surface area contributed by atoms with E-state index in [2.05, 4.69) is 26.1 Å². The number of nitrogens with two attached hydrogens (primary N) is 1. The lowest BCUT2D eigenvalue weighted by molar-refractivity contribution is -0.689. The first kappa shape index (κ1) is 17.8. The van der Waals surface area contributed by atoms with Crippen LogP contribution in [0.25, 0.3) is 0 Å². The number of nitrogen functional groups attached to an aromatic ring is 1. The molecule has 2 rings (SSSR count). The third-order valence-corrected chi connectivity index (χ3v) is 4.23. The highest BCUT2D eigenvalue weighted by Crippen LogP contribution is 2.14. The van der Waals surface area contributed by atoms with Crippen LogP contribution in [0.5, 0.6) is 0 Å². The van der Waals surface area contributed by atoms with Gasteiger partial charge in [0.2, 0.25) is 5.51 Å². The predicted octanol–water partition coefficient (Wildman–Crippen LogP) is 2.69. The maximum absolute atomic E-state index is 12.4. The molecule has 2 heterocycles. The number of aromatic nitrogens is 3. The summed E-state index contributed by atoms with van der Waals surface area (Å²) >= 11 is 6.21. The van der Waals surface area contributed by atoms with Crippen molar-refractivity contribution >= 4 is 28.8 Å². The van der Waals surface area contributed by atoms with Crippen LogP contribution >= 0.6 is 22.9 Å². The fourth-order valence-corrected chi connectivity index (χ4v) is 2.84. The molecule has 2 aromatic heterocycles. The smallest absolute Gasteiger partial charge is 0.225 e.